The van der Waals surface area contributed by atoms with E-state index in [1.165, 1.54) is 6.20 Å². The van der Waals surface area contributed by atoms with E-state index in [-0.39, 0.29) is 6.42 Å². The first-order valence-electron chi connectivity index (χ1n) is 8.44. The van der Waals surface area contributed by atoms with Crippen molar-refractivity contribution in [3.63, 3.8) is 0 Å². The number of aromatic nitrogens is 1. The number of hydrazone groups is 1. The molecule has 134 valence electrons. The maximum atomic E-state index is 13.1. The van der Waals surface area contributed by atoms with Gasteiger partial charge >= 0.3 is 0 Å². The molecule has 1 aromatic heterocycles. The van der Waals surface area contributed by atoms with E-state index in [2.05, 4.69) is 10.1 Å². The van der Waals surface area contributed by atoms with Gasteiger partial charge in [0.2, 0.25) is 0 Å². The van der Waals surface area contributed by atoms with Gasteiger partial charge in [-0.3, -0.25) is 9.78 Å². The van der Waals surface area contributed by atoms with Crippen LogP contribution < -0.4 is 0 Å². The van der Waals surface area contributed by atoms with Gasteiger partial charge in [0.25, 0.3) is 5.91 Å². The van der Waals surface area contributed by atoms with E-state index in [1.54, 1.807) is 42.6 Å². The summed E-state index contributed by atoms with van der Waals surface area (Å²) in [4.78, 5) is 17.1. The summed E-state index contributed by atoms with van der Waals surface area (Å²) in [5.41, 5.74) is 0.775. The molecule has 1 aliphatic rings. The quantitative estimate of drug-likeness (QED) is 0.754. The number of hydrogen-bond acceptors (Lipinski definition) is 4. The van der Waals surface area contributed by atoms with Crippen LogP contribution >= 0.6 is 11.6 Å². The Hall–Kier alpha value is -3.02. The monoisotopic (exact) mass is 377 g/mol. The van der Waals surface area contributed by atoms with Gasteiger partial charge in [0.05, 0.1) is 11.3 Å². The van der Waals surface area contributed by atoms with Crippen molar-refractivity contribution in [3.8, 4) is 0 Å². The second kappa shape index (κ2) is 6.95. The lowest BCUT2D eigenvalue weighted by Gasteiger charge is -2.31. The van der Waals surface area contributed by atoms with Crippen molar-refractivity contribution in [2.24, 2.45) is 5.10 Å². The van der Waals surface area contributed by atoms with Gasteiger partial charge in [0, 0.05) is 29.4 Å². The number of pyridine rings is 1. The lowest BCUT2D eigenvalue weighted by molar-refractivity contribution is -0.0765. The van der Waals surface area contributed by atoms with Gasteiger partial charge in [-0.2, -0.15) is 10.1 Å². The summed E-state index contributed by atoms with van der Waals surface area (Å²) in [7, 11) is 0. The molecule has 0 fully saturated rings. The molecule has 1 atom stereocenters. The van der Waals surface area contributed by atoms with E-state index >= 15 is 0 Å². The lowest BCUT2D eigenvalue weighted by Crippen LogP contribution is -2.43. The summed E-state index contributed by atoms with van der Waals surface area (Å²) in [6, 6.07) is 19.5. The number of nitrogens with zero attached hydrogens (tertiary/aromatic N) is 3. The van der Waals surface area contributed by atoms with Gasteiger partial charge < -0.3 is 5.11 Å². The number of carbonyl (C=O) groups is 1. The first kappa shape index (κ1) is 17.4. The molecule has 27 heavy (non-hydrogen) atoms. The fourth-order valence-electron chi connectivity index (χ4n) is 3.10. The number of rotatable bonds is 3. The third-order valence-electron chi connectivity index (χ3n) is 4.50. The van der Waals surface area contributed by atoms with Gasteiger partial charge in [-0.15, -0.1) is 0 Å². The van der Waals surface area contributed by atoms with Gasteiger partial charge in [0.1, 0.15) is 0 Å². The summed E-state index contributed by atoms with van der Waals surface area (Å²) in [5.74, 6) is -0.418. The van der Waals surface area contributed by atoms with Crippen LogP contribution in [-0.4, -0.2) is 26.7 Å². The van der Waals surface area contributed by atoms with Gasteiger partial charge in [-0.25, -0.2) is 0 Å². The van der Waals surface area contributed by atoms with Crippen LogP contribution in [0.1, 0.15) is 27.9 Å². The number of hydrogen-bond donors (Lipinski definition) is 1. The van der Waals surface area contributed by atoms with E-state index in [0.29, 0.717) is 21.9 Å². The Morgan fingerprint density at radius 3 is 2.44 bits per heavy atom. The highest BCUT2D eigenvalue weighted by Gasteiger charge is 2.46. The Balaban J connectivity index is 1.79. The summed E-state index contributed by atoms with van der Waals surface area (Å²) in [6.07, 6.45) is 3.22. The minimum absolute atomic E-state index is 0.171. The highest BCUT2D eigenvalue weighted by atomic mass is 35.5. The first-order chi connectivity index (χ1) is 13.1. The molecule has 0 saturated heterocycles. The third kappa shape index (κ3) is 3.23. The molecule has 5 nitrogen and oxygen atoms in total. The van der Waals surface area contributed by atoms with E-state index in [1.807, 2.05) is 30.3 Å². The second-order valence-electron chi connectivity index (χ2n) is 6.27. The molecular formula is C21H16ClN3O2. The topological polar surface area (TPSA) is 65.8 Å². The predicted octanol–water partition coefficient (Wildman–Crippen LogP) is 3.83. The molecule has 0 unspecified atom stereocenters. The number of amides is 1. The molecule has 0 bridgehead atoms. The molecule has 1 amide bonds. The zero-order valence-electron chi connectivity index (χ0n) is 14.3. The Morgan fingerprint density at radius 2 is 1.78 bits per heavy atom. The maximum Gasteiger partial charge on any atom is 0.278 e. The molecular weight excluding hydrogens is 362 g/mol. The Bertz CT molecular complexity index is 991. The van der Waals surface area contributed by atoms with Crippen molar-refractivity contribution in [2.75, 3.05) is 0 Å². The van der Waals surface area contributed by atoms with E-state index < -0.39 is 11.6 Å². The lowest BCUT2D eigenvalue weighted by atomic mass is 9.94. The molecule has 2 aromatic carbocycles. The van der Waals surface area contributed by atoms with Crippen LogP contribution in [-0.2, 0) is 5.72 Å². The van der Waals surface area contributed by atoms with Crippen molar-refractivity contribution in [2.45, 2.75) is 12.1 Å². The Kier molecular flexibility index (Phi) is 4.48. The number of aliphatic hydroxyl groups is 1. The van der Waals surface area contributed by atoms with Gasteiger partial charge in [-0.1, -0.05) is 54.1 Å². The average molecular weight is 378 g/mol. The Morgan fingerprint density at radius 1 is 1.04 bits per heavy atom. The van der Waals surface area contributed by atoms with E-state index in [9.17, 15) is 9.90 Å². The molecule has 4 rings (SSSR count). The number of halogens is 1. The second-order valence-corrected chi connectivity index (χ2v) is 6.71. The maximum absolute atomic E-state index is 13.1. The predicted molar refractivity (Wildman–Crippen MR) is 103 cm³/mol. The van der Waals surface area contributed by atoms with E-state index in [0.717, 1.165) is 10.6 Å². The van der Waals surface area contributed by atoms with Crippen LogP contribution in [0.3, 0.4) is 0 Å². The average Bonchev–Trinajstić information content (AvgIpc) is 3.08. The van der Waals surface area contributed by atoms with Crippen molar-refractivity contribution < 1.29 is 9.90 Å². The fraction of sp³-hybridized carbons (Fsp3) is 0.0952. The summed E-state index contributed by atoms with van der Waals surface area (Å²) in [6.45, 7) is 0. The van der Waals surface area contributed by atoms with Crippen LogP contribution in [0.5, 0.6) is 0 Å². The largest absolute Gasteiger partial charge is 0.365 e. The highest BCUT2D eigenvalue weighted by molar-refractivity contribution is 6.30. The zero-order chi connectivity index (χ0) is 18.9. The van der Waals surface area contributed by atoms with Crippen LogP contribution in [0, 0.1) is 0 Å². The molecule has 3 aromatic rings. The van der Waals surface area contributed by atoms with E-state index in [4.69, 9.17) is 11.6 Å². The van der Waals surface area contributed by atoms with Crippen LogP contribution in [0.4, 0.5) is 0 Å². The fourth-order valence-corrected chi connectivity index (χ4v) is 3.23. The minimum atomic E-state index is -1.58. The summed E-state index contributed by atoms with van der Waals surface area (Å²) >= 11 is 5.97. The summed E-state index contributed by atoms with van der Waals surface area (Å²) < 4.78 is 0. The minimum Gasteiger partial charge on any atom is -0.365 e. The molecule has 0 spiro atoms. The SMILES string of the molecule is O=C(c1cccnc1)N1N=C(c2ccc(Cl)cc2)C[C@]1(O)c1ccccc1. The number of carbonyl (C=O) groups excluding carboxylic acids is 1. The number of benzene rings is 2. The van der Waals surface area contributed by atoms with Crippen LogP contribution in [0.2, 0.25) is 5.02 Å². The standard InChI is InChI=1S/C21H16ClN3O2/c22-18-10-8-15(9-11-18)19-13-21(27,17-6-2-1-3-7-17)25(24-19)20(26)16-5-4-12-23-14-16/h1-12,14,27H,13H2/t21-/m0/s1. The highest BCUT2D eigenvalue weighted by Crippen LogP contribution is 2.37. The van der Waals surface area contributed by atoms with Gasteiger partial charge in [-0.05, 0) is 29.8 Å². The smallest absolute Gasteiger partial charge is 0.278 e. The molecule has 1 N–H and O–H groups in total. The zero-order valence-corrected chi connectivity index (χ0v) is 15.0. The van der Waals surface area contributed by atoms with Crippen molar-refractivity contribution in [3.05, 3.63) is 101 Å². The molecule has 0 radical (unpaired) electrons. The van der Waals surface area contributed by atoms with Crippen molar-refractivity contribution in [1.29, 1.82) is 0 Å². The molecule has 6 heteroatoms. The Labute approximate surface area is 161 Å². The normalized spacial score (nSPS) is 19.0. The molecule has 0 aliphatic carbocycles. The third-order valence-corrected chi connectivity index (χ3v) is 4.75. The van der Waals surface area contributed by atoms with Crippen molar-refractivity contribution >= 4 is 23.2 Å². The van der Waals surface area contributed by atoms with Crippen LogP contribution in [0.25, 0.3) is 0 Å². The molecule has 0 saturated carbocycles. The first-order valence-corrected chi connectivity index (χ1v) is 8.82. The summed E-state index contributed by atoms with van der Waals surface area (Å²) in [5, 5.41) is 17.7. The van der Waals surface area contributed by atoms with Gasteiger partial charge in [0.15, 0.2) is 5.72 Å². The molecule has 1 aliphatic heterocycles. The van der Waals surface area contributed by atoms with Crippen LogP contribution in [0.15, 0.2) is 84.2 Å². The molecule has 2 heterocycles. The van der Waals surface area contributed by atoms with Crippen molar-refractivity contribution in [1.82, 2.24) is 9.99 Å².